The van der Waals surface area contributed by atoms with Crippen molar-refractivity contribution >= 4 is 29.5 Å². The Morgan fingerprint density at radius 2 is 1.77 bits per heavy atom. The van der Waals surface area contributed by atoms with Crippen LogP contribution in [0.5, 0.6) is 0 Å². The molecule has 0 radical (unpaired) electrons. The van der Waals surface area contributed by atoms with Crippen LogP contribution in [-0.2, 0) is 4.79 Å². The number of carbonyl (C=O) groups excluding carboxylic acids is 1. The molecule has 6 nitrogen and oxygen atoms in total. The molecule has 0 bridgehead atoms. The second kappa shape index (κ2) is 10.7. The van der Waals surface area contributed by atoms with Crippen LogP contribution in [0.2, 0.25) is 0 Å². The number of piperidine rings is 1. The van der Waals surface area contributed by atoms with Crippen LogP contribution in [0.3, 0.4) is 0 Å². The second-order valence-corrected chi connectivity index (χ2v) is 10.7. The van der Waals surface area contributed by atoms with Gasteiger partial charge in [0, 0.05) is 30.8 Å². The fraction of sp³-hybridized carbons (Fsp3) is 0.708. The molecule has 1 aromatic heterocycles. The third-order valence-electron chi connectivity index (χ3n) is 6.92. The molecule has 3 aliphatic rings. The normalized spacial score (nSPS) is 23.1. The molecule has 170 valence electrons. The van der Waals surface area contributed by atoms with E-state index in [-0.39, 0.29) is 24.3 Å². The minimum absolute atomic E-state index is 0.00819. The Morgan fingerprint density at radius 1 is 1.03 bits per heavy atom. The standard InChI is InChI=1S/C24H35N3O3S/c28-22(29)15-17-7-6-14-27(16-17)21-13-12-20(23(30)25-18-8-2-1-3-9-18)24(26-21)31-19-10-4-5-11-19/h12-13,17-19H,1-11,14-16H2,(H,25,30)(H,28,29)/t17-/m0/s1. The molecule has 1 atom stereocenters. The number of hydrogen-bond donors (Lipinski definition) is 2. The van der Waals surface area contributed by atoms with Gasteiger partial charge in [-0.25, -0.2) is 4.98 Å². The van der Waals surface area contributed by atoms with Crippen LogP contribution in [-0.4, -0.2) is 46.3 Å². The van der Waals surface area contributed by atoms with Gasteiger partial charge in [0.2, 0.25) is 0 Å². The fourth-order valence-corrected chi connectivity index (χ4v) is 6.55. The number of aliphatic carboxylic acids is 1. The number of carboxylic acids is 1. The van der Waals surface area contributed by atoms with E-state index in [4.69, 9.17) is 4.98 Å². The minimum atomic E-state index is -0.730. The fourth-order valence-electron chi connectivity index (χ4n) is 5.23. The summed E-state index contributed by atoms with van der Waals surface area (Å²) in [7, 11) is 0. The van der Waals surface area contributed by atoms with Crippen molar-refractivity contribution in [1.29, 1.82) is 0 Å². The Bertz CT molecular complexity index is 775. The van der Waals surface area contributed by atoms with Crippen LogP contribution >= 0.6 is 11.8 Å². The van der Waals surface area contributed by atoms with Crippen LogP contribution in [0.1, 0.15) is 87.4 Å². The Labute approximate surface area is 189 Å². The van der Waals surface area contributed by atoms with E-state index in [0.29, 0.717) is 10.8 Å². The van der Waals surface area contributed by atoms with Crippen molar-refractivity contribution in [2.75, 3.05) is 18.0 Å². The predicted octanol–water partition coefficient (Wildman–Crippen LogP) is 4.87. The van der Waals surface area contributed by atoms with Crippen molar-refractivity contribution in [3.05, 3.63) is 17.7 Å². The maximum atomic E-state index is 13.1. The average Bonchev–Trinajstić information content (AvgIpc) is 3.27. The molecular weight excluding hydrogens is 410 g/mol. The van der Waals surface area contributed by atoms with Gasteiger partial charge in [-0.15, -0.1) is 11.8 Å². The molecule has 2 saturated carbocycles. The molecule has 0 aromatic carbocycles. The minimum Gasteiger partial charge on any atom is -0.481 e. The molecule has 7 heteroatoms. The van der Waals surface area contributed by atoms with Gasteiger partial charge in [0.05, 0.1) is 5.56 Å². The number of aromatic nitrogens is 1. The zero-order valence-electron chi connectivity index (χ0n) is 18.4. The maximum absolute atomic E-state index is 13.1. The Balaban J connectivity index is 1.52. The second-order valence-electron chi connectivity index (χ2n) is 9.41. The molecule has 1 aliphatic heterocycles. The zero-order valence-corrected chi connectivity index (χ0v) is 19.2. The van der Waals surface area contributed by atoms with Gasteiger partial charge < -0.3 is 15.3 Å². The quantitative estimate of drug-likeness (QED) is 0.623. The number of rotatable bonds is 7. The topological polar surface area (TPSA) is 82.5 Å². The van der Waals surface area contributed by atoms with Crippen molar-refractivity contribution in [3.8, 4) is 0 Å². The average molecular weight is 446 g/mol. The molecule has 1 amide bonds. The highest BCUT2D eigenvalue weighted by atomic mass is 32.2. The first-order chi connectivity index (χ1) is 15.1. The number of amides is 1. The van der Waals surface area contributed by atoms with E-state index in [0.717, 1.165) is 49.6 Å². The van der Waals surface area contributed by atoms with E-state index in [1.54, 1.807) is 11.8 Å². The van der Waals surface area contributed by atoms with Crippen LogP contribution in [0.15, 0.2) is 17.2 Å². The maximum Gasteiger partial charge on any atom is 0.303 e. The molecule has 31 heavy (non-hydrogen) atoms. The van der Waals surface area contributed by atoms with E-state index in [1.807, 2.05) is 12.1 Å². The third-order valence-corrected chi connectivity index (χ3v) is 8.26. The van der Waals surface area contributed by atoms with Crippen LogP contribution in [0, 0.1) is 5.92 Å². The molecule has 1 aromatic rings. The van der Waals surface area contributed by atoms with Gasteiger partial charge in [-0.1, -0.05) is 32.1 Å². The summed E-state index contributed by atoms with van der Waals surface area (Å²) < 4.78 is 0. The summed E-state index contributed by atoms with van der Waals surface area (Å²) in [5, 5.41) is 13.8. The molecule has 2 aliphatic carbocycles. The Kier molecular flexibility index (Phi) is 7.75. The molecule has 0 spiro atoms. The molecule has 4 rings (SSSR count). The molecule has 2 heterocycles. The van der Waals surface area contributed by atoms with E-state index >= 15 is 0 Å². The van der Waals surface area contributed by atoms with Crippen LogP contribution in [0.25, 0.3) is 0 Å². The van der Waals surface area contributed by atoms with Gasteiger partial charge in [-0.3, -0.25) is 9.59 Å². The smallest absolute Gasteiger partial charge is 0.303 e. The van der Waals surface area contributed by atoms with Crippen molar-refractivity contribution in [2.24, 2.45) is 5.92 Å². The number of anilines is 1. The zero-order chi connectivity index (χ0) is 21.6. The summed E-state index contributed by atoms with van der Waals surface area (Å²) in [5.74, 6) is 0.318. The van der Waals surface area contributed by atoms with Crippen molar-refractivity contribution < 1.29 is 14.7 Å². The highest BCUT2D eigenvalue weighted by Crippen LogP contribution is 2.37. The lowest BCUT2D eigenvalue weighted by molar-refractivity contribution is -0.138. The Hall–Kier alpha value is -1.76. The van der Waals surface area contributed by atoms with E-state index in [9.17, 15) is 14.7 Å². The summed E-state index contributed by atoms with van der Waals surface area (Å²) in [6.45, 7) is 1.62. The SMILES string of the molecule is O=C(O)C[C@@H]1CCCN(c2ccc(C(=O)NC3CCCCC3)c(SC3CCCC3)n2)C1. The lowest BCUT2D eigenvalue weighted by atomic mass is 9.95. The van der Waals surface area contributed by atoms with Crippen LogP contribution < -0.4 is 10.2 Å². The summed E-state index contributed by atoms with van der Waals surface area (Å²) in [5.41, 5.74) is 0.699. The highest BCUT2D eigenvalue weighted by molar-refractivity contribution is 7.99. The van der Waals surface area contributed by atoms with Crippen molar-refractivity contribution in [1.82, 2.24) is 10.3 Å². The summed E-state index contributed by atoms with van der Waals surface area (Å²) in [6.07, 6.45) is 12.8. The van der Waals surface area contributed by atoms with Crippen LogP contribution in [0.4, 0.5) is 5.82 Å². The molecule has 3 fully saturated rings. The number of pyridine rings is 1. The van der Waals surface area contributed by atoms with Gasteiger partial charge in [0.25, 0.3) is 5.91 Å². The van der Waals surface area contributed by atoms with Gasteiger partial charge in [-0.2, -0.15) is 0 Å². The lowest BCUT2D eigenvalue weighted by Crippen LogP contribution is -2.38. The first-order valence-electron chi connectivity index (χ1n) is 12.0. The van der Waals surface area contributed by atoms with E-state index < -0.39 is 5.97 Å². The number of carboxylic acid groups (broad SMARTS) is 1. The Morgan fingerprint density at radius 3 is 2.52 bits per heavy atom. The number of carbonyl (C=O) groups is 2. The van der Waals surface area contributed by atoms with Gasteiger partial charge in [0.1, 0.15) is 10.8 Å². The first-order valence-corrected chi connectivity index (χ1v) is 12.9. The van der Waals surface area contributed by atoms with Gasteiger partial charge in [-0.05, 0) is 56.6 Å². The third kappa shape index (κ3) is 6.15. The van der Waals surface area contributed by atoms with E-state index in [2.05, 4.69) is 10.2 Å². The molecule has 0 unspecified atom stereocenters. The predicted molar refractivity (Wildman–Crippen MR) is 124 cm³/mol. The van der Waals surface area contributed by atoms with Gasteiger partial charge >= 0.3 is 5.97 Å². The largest absolute Gasteiger partial charge is 0.481 e. The first kappa shape index (κ1) is 22.4. The van der Waals surface area contributed by atoms with Crippen molar-refractivity contribution in [2.45, 2.75) is 93.4 Å². The number of nitrogens with one attached hydrogen (secondary N) is 1. The molecular formula is C24H35N3O3S. The van der Waals surface area contributed by atoms with E-state index in [1.165, 1.54) is 44.9 Å². The lowest BCUT2D eigenvalue weighted by Gasteiger charge is -2.33. The summed E-state index contributed by atoms with van der Waals surface area (Å²) in [4.78, 5) is 31.5. The van der Waals surface area contributed by atoms with Crippen molar-refractivity contribution in [3.63, 3.8) is 0 Å². The molecule has 1 saturated heterocycles. The monoisotopic (exact) mass is 445 g/mol. The van der Waals surface area contributed by atoms with Gasteiger partial charge in [0.15, 0.2) is 0 Å². The molecule has 2 N–H and O–H groups in total. The summed E-state index contributed by atoms with van der Waals surface area (Å²) >= 11 is 1.77. The number of nitrogens with zero attached hydrogens (tertiary/aromatic N) is 2. The number of thioether (sulfide) groups is 1. The number of hydrogen-bond acceptors (Lipinski definition) is 5. The highest BCUT2D eigenvalue weighted by Gasteiger charge is 2.27. The summed E-state index contributed by atoms with van der Waals surface area (Å²) in [6, 6.07) is 4.18.